The van der Waals surface area contributed by atoms with Crippen molar-refractivity contribution >= 4 is 21.8 Å². The smallest absolute Gasteiger partial charge is 0.251 e. The van der Waals surface area contributed by atoms with Gasteiger partial charge in [-0.3, -0.25) is 4.79 Å². The Balaban J connectivity index is 2.00. The van der Waals surface area contributed by atoms with E-state index < -0.39 is 0 Å². The second kappa shape index (κ2) is 8.02. The van der Waals surface area contributed by atoms with E-state index in [4.69, 9.17) is 9.47 Å². The predicted octanol–water partition coefficient (Wildman–Crippen LogP) is 3.75. The molecule has 0 aromatic heterocycles. The summed E-state index contributed by atoms with van der Waals surface area (Å²) in [5.74, 6) is 1.43. The van der Waals surface area contributed by atoms with E-state index in [2.05, 4.69) is 21.2 Å². The van der Waals surface area contributed by atoms with Crippen molar-refractivity contribution in [3.8, 4) is 11.5 Å². The van der Waals surface area contributed by atoms with Gasteiger partial charge in [0.1, 0.15) is 11.5 Å². The van der Waals surface area contributed by atoms with Gasteiger partial charge in [0.25, 0.3) is 5.91 Å². The fraction of sp³-hybridized carbons (Fsp3) is 0.278. The van der Waals surface area contributed by atoms with Gasteiger partial charge in [-0.05, 0) is 59.1 Å². The van der Waals surface area contributed by atoms with Crippen molar-refractivity contribution in [2.75, 3.05) is 20.8 Å². The van der Waals surface area contributed by atoms with E-state index in [0.29, 0.717) is 18.5 Å². The van der Waals surface area contributed by atoms with E-state index in [1.54, 1.807) is 14.2 Å². The number of carbonyl (C=O) groups excluding carboxylic acids is 1. The van der Waals surface area contributed by atoms with Gasteiger partial charge >= 0.3 is 0 Å². The van der Waals surface area contributed by atoms with Crippen molar-refractivity contribution in [3.05, 3.63) is 57.6 Å². The lowest BCUT2D eigenvalue weighted by molar-refractivity contribution is 0.0954. The van der Waals surface area contributed by atoms with Gasteiger partial charge in [-0.2, -0.15) is 0 Å². The first-order chi connectivity index (χ1) is 11.0. The molecule has 2 aromatic carbocycles. The zero-order valence-corrected chi connectivity index (χ0v) is 15.1. The number of ether oxygens (including phenoxy) is 2. The lowest BCUT2D eigenvalue weighted by Gasteiger charge is -2.13. The lowest BCUT2D eigenvalue weighted by Crippen LogP contribution is -2.25. The average molecular weight is 378 g/mol. The Labute approximate surface area is 144 Å². The maximum absolute atomic E-state index is 12.1. The van der Waals surface area contributed by atoms with E-state index in [0.717, 1.165) is 27.1 Å². The van der Waals surface area contributed by atoms with Crippen LogP contribution >= 0.6 is 15.9 Å². The SMILES string of the molecule is COc1cc(CCNC(=O)c2ccc(C)cc2)c(OC)cc1Br. The van der Waals surface area contributed by atoms with Crippen molar-refractivity contribution in [2.45, 2.75) is 13.3 Å². The standard InChI is InChI=1S/C18H20BrNO3/c1-12-4-6-13(7-5-12)18(21)20-9-8-14-10-17(23-3)15(19)11-16(14)22-2/h4-7,10-11H,8-9H2,1-3H3,(H,20,21). The highest BCUT2D eigenvalue weighted by Crippen LogP contribution is 2.32. The van der Waals surface area contributed by atoms with E-state index in [1.165, 1.54) is 0 Å². The molecule has 0 fully saturated rings. The summed E-state index contributed by atoms with van der Waals surface area (Å²) in [5.41, 5.74) is 2.78. The molecule has 0 spiro atoms. The molecule has 0 bridgehead atoms. The Morgan fingerprint density at radius 2 is 1.74 bits per heavy atom. The number of halogens is 1. The minimum absolute atomic E-state index is 0.0759. The maximum atomic E-state index is 12.1. The number of hydrogen-bond donors (Lipinski definition) is 1. The van der Waals surface area contributed by atoms with Crippen molar-refractivity contribution in [3.63, 3.8) is 0 Å². The quantitative estimate of drug-likeness (QED) is 0.833. The average Bonchev–Trinajstić information content (AvgIpc) is 2.56. The van der Waals surface area contributed by atoms with Crippen LogP contribution in [0, 0.1) is 6.92 Å². The fourth-order valence-electron chi connectivity index (χ4n) is 2.24. The van der Waals surface area contributed by atoms with Crippen LogP contribution in [-0.4, -0.2) is 26.7 Å². The Hall–Kier alpha value is -2.01. The largest absolute Gasteiger partial charge is 0.496 e. The number of hydrogen-bond acceptors (Lipinski definition) is 3. The summed E-state index contributed by atoms with van der Waals surface area (Å²) in [4.78, 5) is 12.1. The molecule has 0 aliphatic rings. The molecule has 0 aliphatic carbocycles. The molecular weight excluding hydrogens is 358 g/mol. The zero-order valence-electron chi connectivity index (χ0n) is 13.5. The van der Waals surface area contributed by atoms with Crippen LogP contribution < -0.4 is 14.8 Å². The van der Waals surface area contributed by atoms with Crippen LogP contribution in [0.4, 0.5) is 0 Å². The summed E-state index contributed by atoms with van der Waals surface area (Å²) in [7, 11) is 3.25. The number of carbonyl (C=O) groups is 1. The molecule has 4 nitrogen and oxygen atoms in total. The maximum Gasteiger partial charge on any atom is 0.251 e. The van der Waals surface area contributed by atoms with Gasteiger partial charge in [0, 0.05) is 12.1 Å². The van der Waals surface area contributed by atoms with Crippen molar-refractivity contribution in [2.24, 2.45) is 0 Å². The second-order valence-corrected chi connectivity index (χ2v) is 6.02. The van der Waals surface area contributed by atoms with Gasteiger partial charge in [-0.1, -0.05) is 17.7 Å². The van der Waals surface area contributed by atoms with E-state index in [1.807, 2.05) is 43.3 Å². The Bertz CT molecular complexity index is 683. The van der Waals surface area contributed by atoms with Gasteiger partial charge in [0.05, 0.1) is 18.7 Å². The highest BCUT2D eigenvalue weighted by atomic mass is 79.9. The van der Waals surface area contributed by atoms with Crippen LogP contribution in [-0.2, 0) is 6.42 Å². The van der Waals surface area contributed by atoms with Crippen molar-refractivity contribution in [1.29, 1.82) is 0 Å². The monoisotopic (exact) mass is 377 g/mol. The third-order valence-electron chi connectivity index (χ3n) is 3.55. The lowest BCUT2D eigenvalue weighted by atomic mass is 10.1. The van der Waals surface area contributed by atoms with Crippen LogP contribution in [0.25, 0.3) is 0 Å². The van der Waals surface area contributed by atoms with Gasteiger partial charge < -0.3 is 14.8 Å². The normalized spacial score (nSPS) is 10.3. The number of benzene rings is 2. The van der Waals surface area contributed by atoms with Crippen molar-refractivity contribution < 1.29 is 14.3 Å². The molecule has 1 amide bonds. The molecule has 0 saturated carbocycles. The van der Waals surface area contributed by atoms with Crippen LogP contribution in [0.1, 0.15) is 21.5 Å². The number of methoxy groups -OCH3 is 2. The number of amides is 1. The van der Waals surface area contributed by atoms with Gasteiger partial charge in [-0.25, -0.2) is 0 Å². The summed E-state index contributed by atoms with van der Waals surface area (Å²) >= 11 is 3.44. The van der Waals surface area contributed by atoms with E-state index in [-0.39, 0.29) is 5.91 Å². The molecule has 0 radical (unpaired) electrons. The van der Waals surface area contributed by atoms with E-state index in [9.17, 15) is 4.79 Å². The molecular formula is C18H20BrNO3. The summed E-state index contributed by atoms with van der Waals surface area (Å²) in [6, 6.07) is 11.3. The first-order valence-corrected chi connectivity index (χ1v) is 8.09. The Morgan fingerprint density at radius 1 is 1.09 bits per heavy atom. The fourth-order valence-corrected chi connectivity index (χ4v) is 2.72. The molecule has 5 heteroatoms. The number of nitrogens with one attached hydrogen (secondary N) is 1. The van der Waals surface area contributed by atoms with Gasteiger partial charge in [0.2, 0.25) is 0 Å². The molecule has 23 heavy (non-hydrogen) atoms. The predicted molar refractivity (Wildman–Crippen MR) is 94.5 cm³/mol. The first kappa shape index (κ1) is 17.3. The zero-order chi connectivity index (χ0) is 16.8. The van der Waals surface area contributed by atoms with Crippen LogP contribution in [0.15, 0.2) is 40.9 Å². The molecule has 0 atom stereocenters. The topological polar surface area (TPSA) is 47.6 Å². The highest BCUT2D eigenvalue weighted by molar-refractivity contribution is 9.10. The minimum Gasteiger partial charge on any atom is -0.496 e. The van der Waals surface area contributed by atoms with Crippen LogP contribution in [0.5, 0.6) is 11.5 Å². The Kier molecular flexibility index (Phi) is 6.04. The van der Waals surface area contributed by atoms with Crippen molar-refractivity contribution in [1.82, 2.24) is 5.32 Å². The third kappa shape index (κ3) is 4.48. The van der Waals surface area contributed by atoms with Crippen LogP contribution in [0.3, 0.4) is 0 Å². The highest BCUT2D eigenvalue weighted by Gasteiger charge is 2.10. The summed E-state index contributed by atoms with van der Waals surface area (Å²) in [6.07, 6.45) is 0.657. The third-order valence-corrected chi connectivity index (χ3v) is 4.17. The van der Waals surface area contributed by atoms with Crippen LogP contribution in [0.2, 0.25) is 0 Å². The Morgan fingerprint density at radius 3 is 2.35 bits per heavy atom. The summed E-state index contributed by atoms with van der Waals surface area (Å²) in [5, 5.41) is 2.92. The first-order valence-electron chi connectivity index (χ1n) is 7.30. The molecule has 0 aliphatic heterocycles. The van der Waals surface area contributed by atoms with E-state index >= 15 is 0 Å². The molecule has 2 aromatic rings. The molecule has 0 saturated heterocycles. The molecule has 0 unspecified atom stereocenters. The van der Waals surface area contributed by atoms with Gasteiger partial charge in [-0.15, -0.1) is 0 Å². The summed E-state index contributed by atoms with van der Waals surface area (Å²) in [6.45, 7) is 2.52. The molecule has 1 N–H and O–H groups in total. The summed E-state index contributed by atoms with van der Waals surface area (Å²) < 4.78 is 11.5. The van der Waals surface area contributed by atoms with Gasteiger partial charge in [0.15, 0.2) is 0 Å². The minimum atomic E-state index is -0.0759. The number of aryl methyl sites for hydroxylation is 1. The second-order valence-electron chi connectivity index (χ2n) is 5.17. The molecule has 122 valence electrons. The molecule has 0 heterocycles. The number of rotatable bonds is 6. The molecule has 2 rings (SSSR count).